The molecule has 2 aromatic rings. The molecule has 0 aromatic heterocycles. The number of nitrogens with one attached hydrogen (secondary N) is 1. The average molecular weight is 325 g/mol. The van der Waals surface area contributed by atoms with Crippen LogP contribution < -0.4 is 14.8 Å². The summed E-state index contributed by atoms with van der Waals surface area (Å²) < 4.78 is 24.0. The van der Waals surface area contributed by atoms with Crippen LogP contribution in [0.5, 0.6) is 11.5 Å². The number of halogens is 1. The van der Waals surface area contributed by atoms with Gasteiger partial charge in [-0.25, -0.2) is 4.39 Å². The number of benzene rings is 2. The SMILES string of the molecule is C#CCOc1ccc(/C=C/C(=O)Nc2ccccc2F)cc1OC. The molecule has 1 N–H and O–H groups in total. The van der Waals surface area contributed by atoms with Gasteiger partial charge in [0.15, 0.2) is 11.5 Å². The highest BCUT2D eigenvalue weighted by Crippen LogP contribution is 2.28. The lowest BCUT2D eigenvalue weighted by atomic mass is 10.2. The molecular formula is C19H16FNO3. The van der Waals surface area contributed by atoms with Gasteiger partial charge in [-0.3, -0.25) is 4.79 Å². The lowest BCUT2D eigenvalue weighted by molar-refractivity contribution is -0.111. The van der Waals surface area contributed by atoms with Gasteiger partial charge in [-0.2, -0.15) is 0 Å². The normalized spacial score (nSPS) is 10.2. The molecule has 0 fully saturated rings. The molecule has 0 saturated heterocycles. The zero-order valence-electron chi connectivity index (χ0n) is 13.1. The smallest absolute Gasteiger partial charge is 0.248 e. The van der Waals surface area contributed by atoms with Crippen molar-refractivity contribution in [1.82, 2.24) is 0 Å². The summed E-state index contributed by atoms with van der Waals surface area (Å²) in [5, 5.41) is 2.47. The molecule has 0 aliphatic carbocycles. The van der Waals surface area contributed by atoms with Crippen molar-refractivity contribution in [3.63, 3.8) is 0 Å². The molecular weight excluding hydrogens is 309 g/mol. The lowest BCUT2D eigenvalue weighted by Crippen LogP contribution is -2.09. The Bertz CT molecular complexity index is 793. The minimum absolute atomic E-state index is 0.128. The first-order chi connectivity index (χ1) is 11.6. The molecule has 1 amide bonds. The van der Waals surface area contributed by atoms with E-state index in [0.717, 1.165) is 5.56 Å². The van der Waals surface area contributed by atoms with E-state index in [2.05, 4.69) is 11.2 Å². The van der Waals surface area contributed by atoms with Gasteiger partial charge in [-0.15, -0.1) is 6.42 Å². The minimum atomic E-state index is -0.490. The van der Waals surface area contributed by atoms with Gasteiger partial charge < -0.3 is 14.8 Å². The highest BCUT2D eigenvalue weighted by Gasteiger charge is 2.05. The largest absolute Gasteiger partial charge is 0.493 e. The van der Waals surface area contributed by atoms with Gasteiger partial charge >= 0.3 is 0 Å². The highest BCUT2D eigenvalue weighted by molar-refractivity contribution is 6.02. The fraction of sp³-hybridized carbons (Fsp3) is 0.105. The third-order valence-electron chi connectivity index (χ3n) is 3.06. The first kappa shape index (κ1) is 17.1. The number of ether oxygens (including phenoxy) is 2. The van der Waals surface area contributed by atoms with Gasteiger partial charge in [0.2, 0.25) is 5.91 Å². The molecule has 0 bridgehead atoms. The first-order valence-corrected chi connectivity index (χ1v) is 7.12. The van der Waals surface area contributed by atoms with Crippen LogP contribution in [0.4, 0.5) is 10.1 Å². The summed E-state index contributed by atoms with van der Waals surface area (Å²) in [5.41, 5.74) is 0.853. The molecule has 24 heavy (non-hydrogen) atoms. The van der Waals surface area contributed by atoms with E-state index in [1.165, 1.54) is 25.3 Å². The van der Waals surface area contributed by atoms with E-state index in [-0.39, 0.29) is 12.3 Å². The number of methoxy groups -OCH3 is 1. The Morgan fingerprint density at radius 2 is 2.08 bits per heavy atom. The molecule has 0 spiro atoms. The first-order valence-electron chi connectivity index (χ1n) is 7.12. The number of terminal acetylenes is 1. The maximum atomic E-state index is 13.5. The standard InChI is InChI=1S/C19H16FNO3/c1-3-12-24-17-10-8-14(13-18(17)23-2)9-11-19(22)21-16-7-5-4-6-15(16)20/h1,4-11,13H,12H2,2H3,(H,21,22)/b11-9+. The predicted molar refractivity (Wildman–Crippen MR) is 91.4 cm³/mol. The number of hydrogen-bond acceptors (Lipinski definition) is 3. The number of amides is 1. The Labute approximate surface area is 139 Å². The number of rotatable bonds is 6. The molecule has 4 nitrogen and oxygen atoms in total. The van der Waals surface area contributed by atoms with Crippen LogP contribution in [0.25, 0.3) is 6.08 Å². The lowest BCUT2D eigenvalue weighted by Gasteiger charge is -2.09. The molecule has 0 atom stereocenters. The van der Waals surface area contributed by atoms with E-state index in [0.29, 0.717) is 11.5 Å². The number of anilines is 1. The van der Waals surface area contributed by atoms with Crippen molar-refractivity contribution in [3.05, 3.63) is 59.9 Å². The predicted octanol–water partition coefficient (Wildman–Crippen LogP) is 3.50. The maximum absolute atomic E-state index is 13.5. The van der Waals surface area contributed by atoms with E-state index < -0.39 is 11.7 Å². The Hall–Kier alpha value is -3.26. The highest BCUT2D eigenvalue weighted by atomic mass is 19.1. The van der Waals surface area contributed by atoms with Crippen LogP contribution >= 0.6 is 0 Å². The van der Waals surface area contributed by atoms with Crippen molar-refractivity contribution in [2.24, 2.45) is 0 Å². The molecule has 0 heterocycles. The van der Waals surface area contributed by atoms with Crippen LogP contribution in [0.1, 0.15) is 5.56 Å². The third-order valence-corrected chi connectivity index (χ3v) is 3.06. The number of carbonyl (C=O) groups excluding carboxylic acids is 1. The zero-order valence-corrected chi connectivity index (χ0v) is 13.1. The molecule has 0 radical (unpaired) electrons. The summed E-state index contributed by atoms with van der Waals surface area (Å²) in [6.07, 6.45) is 8.05. The van der Waals surface area contributed by atoms with Crippen molar-refractivity contribution in [3.8, 4) is 23.8 Å². The van der Waals surface area contributed by atoms with Gasteiger partial charge in [-0.05, 0) is 35.9 Å². The summed E-state index contributed by atoms with van der Waals surface area (Å²) >= 11 is 0. The van der Waals surface area contributed by atoms with Crippen molar-refractivity contribution >= 4 is 17.7 Å². The van der Waals surface area contributed by atoms with Gasteiger partial charge in [-0.1, -0.05) is 24.1 Å². The monoisotopic (exact) mass is 325 g/mol. The van der Waals surface area contributed by atoms with Crippen LogP contribution in [0.2, 0.25) is 0 Å². The second-order valence-electron chi connectivity index (χ2n) is 4.71. The molecule has 0 unspecified atom stereocenters. The van der Waals surface area contributed by atoms with Crippen molar-refractivity contribution < 1.29 is 18.7 Å². The second-order valence-corrected chi connectivity index (χ2v) is 4.71. The molecule has 2 rings (SSSR count). The number of para-hydroxylation sites is 1. The fourth-order valence-electron chi connectivity index (χ4n) is 1.94. The van der Waals surface area contributed by atoms with E-state index in [4.69, 9.17) is 15.9 Å². The quantitative estimate of drug-likeness (QED) is 0.653. The van der Waals surface area contributed by atoms with E-state index in [1.807, 2.05) is 0 Å². The zero-order chi connectivity index (χ0) is 17.4. The summed E-state index contributed by atoms with van der Waals surface area (Å²) in [4.78, 5) is 11.9. The van der Waals surface area contributed by atoms with Gasteiger partial charge in [0.1, 0.15) is 12.4 Å². The van der Waals surface area contributed by atoms with Crippen LogP contribution in [0.15, 0.2) is 48.5 Å². The summed E-state index contributed by atoms with van der Waals surface area (Å²) in [7, 11) is 1.51. The van der Waals surface area contributed by atoms with Gasteiger partial charge in [0.05, 0.1) is 12.8 Å². The topological polar surface area (TPSA) is 47.6 Å². The third kappa shape index (κ3) is 4.62. The van der Waals surface area contributed by atoms with E-state index in [9.17, 15) is 9.18 Å². The fourth-order valence-corrected chi connectivity index (χ4v) is 1.94. The Morgan fingerprint density at radius 1 is 1.29 bits per heavy atom. The molecule has 2 aromatic carbocycles. The number of carbonyl (C=O) groups is 1. The Kier molecular flexibility index (Phi) is 5.98. The summed E-state index contributed by atoms with van der Waals surface area (Å²) in [6, 6.07) is 11.1. The molecule has 0 aliphatic rings. The van der Waals surface area contributed by atoms with Gasteiger partial charge in [0.25, 0.3) is 0 Å². The molecule has 5 heteroatoms. The average Bonchev–Trinajstić information content (AvgIpc) is 2.60. The second kappa shape index (κ2) is 8.39. The van der Waals surface area contributed by atoms with Crippen LogP contribution in [-0.2, 0) is 4.79 Å². The van der Waals surface area contributed by atoms with Crippen molar-refractivity contribution in [2.75, 3.05) is 19.0 Å². The molecule has 0 saturated carbocycles. The Morgan fingerprint density at radius 3 is 2.79 bits per heavy atom. The van der Waals surface area contributed by atoms with E-state index >= 15 is 0 Å². The van der Waals surface area contributed by atoms with E-state index in [1.54, 1.807) is 36.4 Å². The number of hydrogen-bond donors (Lipinski definition) is 1. The van der Waals surface area contributed by atoms with Crippen molar-refractivity contribution in [1.29, 1.82) is 0 Å². The van der Waals surface area contributed by atoms with Gasteiger partial charge in [0, 0.05) is 6.08 Å². The summed E-state index contributed by atoms with van der Waals surface area (Å²) in [5.74, 6) is 2.47. The molecule has 122 valence electrons. The van der Waals surface area contributed by atoms with Crippen LogP contribution in [-0.4, -0.2) is 19.6 Å². The Balaban J connectivity index is 2.07. The molecule has 0 aliphatic heterocycles. The summed E-state index contributed by atoms with van der Waals surface area (Å²) in [6.45, 7) is 0.136. The van der Waals surface area contributed by atoms with Crippen LogP contribution in [0, 0.1) is 18.2 Å². The van der Waals surface area contributed by atoms with Crippen LogP contribution in [0.3, 0.4) is 0 Å². The van der Waals surface area contributed by atoms with Crippen molar-refractivity contribution in [2.45, 2.75) is 0 Å². The minimum Gasteiger partial charge on any atom is -0.493 e. The maximum Gasteiger partial charge on any atom is 0.248 e.